The third-order valence-electron chi connectivity index (χ3n) is 3.50. The van der Waals surface area contributed by atoms with Gasteiger partial charge in [0.2, 0.25) is 0 Å². The van der Waals surface area contributed by atoms with Crippen molar-refractivity contribution in [1.29, 1.82) is 0 Å². The maximum atomic E-state index is 12.3. The lowest BCUT2D eigenvalue weighted by Crippen LogP contribution is -2.07. The minimum Gasteiger partial charge on any atom is -0.321 e. The minimum atomic E-state index is -3.53. The summed E-state index contributed by atoms with van der Waals surface area (Å²) in [5, 5.41) is 3.75. The van der Waals surface area contributed by atoms with Crippen molar-refractivity contribution in [3.05, 3.63) is 70.6 Å². The number of hydrogen-bond acceptors (Lipinski definition) is 3. The molecule has 0 unspecified atom stereocenters. The van der Waals surface area contributed by atoms with Crippen LogP contribution in [0, 0.1) is 6.92 Å². The molecule has 3 rings (SSSR count). The molecular formula is C17H15NO3S. The highest BCUT2D eigenvalue weighted by atomic mass is 32.2. The second-order valence-electron chi connectivity index (χ2n) is 5.32. The summed E-state index contributed by atoms with van der Waals surface area (Å²) in [6.07, 6.45) is 0. The number of benzene rings is 2. The fourth-order valence-electron chi connectivity index (χ4n) is 2.39. The van der Waals surface area contributed by atoms with Crippen molar-refractivity contribution in [3.63, 3.8) is 0 Å². The fraction of sp³-hybridized carbons (Fsp3) is 0.118. The number of hydrogen-bond donors (Lipinski definition) is 1. The molecule has 2 aromatic carbocycles. The minimum absolute atomic E-state index is 0.119. The average molecular weight is 313 g/mol. The number of carbonyl (C=O) groups excluding carboxylic acids is 1. The Morgan fingerprint density at radius 3 is 2.45 bits per heavy atom. The monoisotopic (exact) mass is 313 g/mol. The number of amides is 1. The van der Waals surface area contributed by atoms with Crippen LogP contribution in [-0.4, -0.2) is 14.3 Å². The molecule has 4 nitrogen and oxygen atoms in total. The van der Waals surface area contributed by atoms with Crippen molar-refractivity contribution >= 4 is 27.0 Å². The lowest BCUT2D eigenvalue weighted by atomic mass is 10.1. The van der Waals surface area contributed by atoms with Crippen LogP contribution in [0.1, 0.15) is 16.7 Å². The van der Waals surface area contributed by atoms with Gasteiger partial charge >= 0.3 is 0 Å². The van der Waals surface area contributed by atoms with Gasteiger partial charge in [-0.25, -0.2) is 8.42 Å². The Hall–Kier alpha value is -2.40. The van der Waals surface area contributed by atoms with E-state index in [2.05, 4.69) is 5.32 Å². The normalized spacial score (nSPS) is 15.7. The Kier molecular flexibility index (Phi) is 3.58. The van der Waals surface area contributed by atoms with Crippen LogP contribution >= 0.6 is 0 Å². The molecule has 22 heavy (non-hydrogen) atoms. The SMILES string of the molecule is Cc1ccc(CS(=O)(=O)C=C2C(=O)Nc3ccccc32)cc1. The molecular weight excluding hydrogens is 298 g/mol. The summed E-state index contributed by atoms with van der Waals surface area (Å²) in [4.78, 5) is 12.0. The molecule has 0 fully saturated rings. The van der Waals surface area contributed by atoms with Gasteiger partial charge in [-0.3, -0.25) is 4.79 Å². The first kappa shape index (κ1) is 14.5. The predicted octanol–water partition coefficient (Wildman–Crippen LogP) is 2.90. The molecule has 0 aliphatic carbocycles. The van der Waals surface area contributed by atoms with Gasteiger partial charge in [0, 0.05) is 16.7 Å². The Morgan fingerprint density at radius 1 is 1.05 bits per heavy atom. The zero-order valence-corrected chi connectivity index (χ0v) is 12.9. The van der Waals surface area contributed by atoms with Gasteiger partial charge < -0.3 is 5.32 Å². The number of rotatable bonds is 3. The first-order chi connectivity index (χ1) is 10.4. The highest BCUT2D eigenvalue weighted by Crippen LogP contribution is 2.32. The largest absolute Gasteiger partial charge is 0.321 e. The maximum absolute atomic E-state index is 12.3. The number of anilines is 1. The summed E-state index contributed by atoms with van der Waals surface area (Å²) in [6, 6.07) is 14.4. The molecule has 0 spiro atoms. The molecule has 0 atom stereocenters. The second kappa shape index (κ2) is 5.42. The van der Waals surface area contributed by atoms with Crippen molar-refractivity contribution in [2.45, 2.75) is 12.7 Å². The molecule has 0 bridgehead atoms. The van der Waals surface area contributed by atoms with E-state index in [1.807, 2.05) is 19.1 Å². The Morgan fingerprint density at radius 2 is 1.73 bits per heavy atom. The summed E-state index contributed by atoms with van der Waals surface area (Å²) in [5.74, 6) is -0.500. The second-order valence-corrected chi connectivity index (χ2v) is 7.17. The van der Waals surface area contributed by atoms with Crippen molar-refractivity contribution < 1.29 is 13.2 Å². The molecule has 1 heterocycles. The third-order valence-corrected chi connectivity index (χ3v) is 4.83. The van der Waals surface area contributed by atoms with Gasteiger partial charge in [-0.15, -0.1) is 0 Å². The van der Waals surface area contributed by atoms with Gasteiger partial charge in [-0.1, -0.05) is 48.0 Å². The molecule has 2 aromatic rings. The lowest BCUT2D eigenvalue weighted by Gasteiger charge is -2.02. The Balaban J connectivity index is 1.93. The van der Waals surface area contributed by atoms with Gasteiger partial charge in [-0.2, -0.15) is 0 Å². The first-order valence-corrected chi connectivity index (χ1v) is 8.57. The molecule has 0 saturated heterocycles. The number of sulfone groups is 1. The topological polar surface area (TPSA) is 63.2 Å². The first-order valence-electron chi connectivity index (χ1n) is 6.85. The van der Waals surface area contributed by atoms with Crippen LogP contribution in [0.5, 0.6) is 0 Å². The van der Waals surface area contributed by atoms with E-state index >= 15 is 0 Å². The van der Waals surface area contributed by atoms with Crippen LogP contribution in [-0.2, 0) is 20.4 Å². The molecule has 1 amide bonds. The molecule has 0 radical (unpaired) electrons. The van der Waals surface area contributed by atoms with E-state index in [1.54, 1.807) is 36.4 Å². The van der Waals surface area contributed by atoms with Crippen molar-refractivity contribution in [1.82, 2.24) is 0 Å². The highest BCUT2D eigenvalue weighted by Gasteiger charge is 2.25. The van der Waals surface area contributed by atoms with Gasteiger partial charge in [0.15, 0.2) is 9.84 Å². The van der Waals surface area contributed by atoms with Gasteiger partial charge in [0.1, 0.15) is 0 Å². The number of aryl methyl sites for hydroxylation is 1. The average Bonchev–Trinajstić information content (AvgIpc) is 2.77. The van der Waals surface area contributed by atoms with E-state index in [4.69, 9.17) is 0 Å². The van der Waals surface area contributed by atoms with Gasteiger partial charge in [0.25, 0.3) is 5.91 Å². The third kappa shape index (κ3) is 2.94. The van der Waals surface area contributed by atoms with Crippen LogP contribution < -0.4 is 5.32 Å². The summed E-state index contributed by atoms with van der Waals surface area (Å²) in [5.41, 5.74) is 3.24. The number of fused-ring (bicyclic) bond motifs is 1. The maximum Gasteiger partial charge on any atom is 0.257 e. The number of nitrogens with one attached hydrogen (secondary N) is 1. The van der Waals surface area contributed by atoms with Crippen LogP contribution in [0.3, 0.4) is 0 Å². The summed E-state index contributed by atoms with van der Waals surface area (Å²) < 4.78 is 24.7. The predicted molar refractivity (Wildman–Crippen MR) is 86.9 cm³/mol. The number of carbonyl (C=O) groups is 1. The van der Waals surface area contributed by atoms with Crippen LogP contribution in [0.4, 0.5) is 5.69 Å². The van der Waals surface area contributed by atoms with Crippen molar-refractivity contribution in [2.75, 3.05) is 5.32 Å². The summed E-state index contributed by atoms with van der Waals surface area (Å²) in [7, 11) is -3.53. The fourth-order valence-corrected chi connectivity index (χ4v) is 3.73. The van der Waals surface area contributed by atoms with E-state index in [1.165, 1.54) is 0 Å². The van der Waals surface area contributed by atoms with Crippen molar-refractivity contribution in [3.8, 4) is 0 Å². The van der Waals surface area contributed by atoms with Crippen LogP contribution in [0.15, 0.2) is 53.9 Å². The van der Waals surface area contributed by atoms with E-state index in [9.17, 15) is 13.2 Å². The zero-order valence-electron chi connectivity index (χ0n) is 12.0. The quantitative estimate of drug-likeness (QED) is 0.886. The van der Waals surface area contributed by atoms with E-state index in [-0.39, 0.29) is 17.2 Å². The van der Waals surface area contributed by atoms with Crippen LogP contribution in [0.2, 0.25) is 0 Å². The molecule has 112 valence electrons. The van der Waals surface area contributed by atoms with Gasteiger partial charge in [0.05, 0.1) is 11.3 Å². The summed E-state index contributed by atoms with van der Waals surface area (Å²) >= 11 is 0. The highest BCUT2D eigenvalue weighted by molar-refractivity contribution is 7.93. The Bertz CT molecular complexity index is 865. The lowest BCUT2D eigenvalue weighted by molar-refractivity contribution is -0.110. The molecule has 1 aliphatic heterocycles. The molecule has 1 aliphatic rings. The van der Waals surface area contributed by atoms with E-state index < -0.39 is 9.84 Å². The smallest absolute Gasteiger partial charge is 0.257 e. The van der Waals surface area contributed by atoms with E-state index in [0.717, 1.165) is 11.0 Å². The standard InChI is InChI=1S/C17H15NO3S/c1-12-6-8-13(9-7-12)10-22(20,21)11-15-14-4-2-3-5-16(14)18-17(15)19/h2-9,11H,10H2,1H3,(H,18,19). The molecule has 5 heteroatoms. The zero-order chi connectivity index (χ0) is 15.7. The molecule has 0 aromatic heterocycles. The molecule has 0 saturated carbocycles. The van der Waals surface area contributed by atoms with Crippen LogP contribution in [0.25, 0.3) is 5.57 Å². The number of para-hydroxylation sites is 1. The van der Waals surface area contributed by atoms with Gasteiger partial charge in [-0.05, 0) is 18.6 Å². The van der Waals surface area contributed by atoms with Crippen molar-refractivity contribution in [2.24, 2.45) is 0 Å². The Labute approximate surface area is 129 Å². The summed E-state index contributed by atoms with van der Waals surface area (Å²) in [6.45, 7) is 1.94. The molecule has 1 N–H and O–H groups in total. The van der Waals surface area contributed by atoms with E-state index in [0.29, 0.717) is 16.8 Å².